The lowest BCUT2D eigenvalue weighted by atomic mass is 10.1. The summed E-state index contributed by atoms with van der Waals surface area (Å²) in [5.74, 6) is -0.0545. The predicted octanol–water partition coefficient (Wildman–Crippen LogP) is 1.12. The molecule has 3 N–H and O–H groups in total. The van der Waals surface area contributed by atoms with Gasteiger partial charge in [0.1, 0.15) is 0 Å². The van der Waals surface area contributed by atoms with Crippen LogP contribution in [0.5, 0.6) is 0 Å². The highest BCUT2D eigenvalue weighted by Crippen LogP contribution is 2.17. The molecule has 3 rings (SSSR count). The first-order chi connectivity index (χ1) is 10.2. The Hall–Kier alpha value is -1.79. The van der Waals surface area contributed by atoms with Crippen LogP contribution in [-0.2, 0) is 0 Å². The SMILES string of the molecule is Cl.O=C(NC1CCCNC1)c1ccc(N2CCNC2=O)cc1. The molecule has 2 aliphatic heterocycles. The van der Waals surface area contributed by atoms with E-state index in [0.29, 0.717) is 18.7 Å². The molecule has 1 atom stereocenters. The zero-order valence-corrected chi connectivity index (χ0v) is 13.1. The molecule has 0 bridgehead atoms. The van der Waals surface area contributed by atoms with Crippen molar-refractivity contribution in [1.29, 1.82) is 0 Å². The number of nitrogens with one attached hydrogen (secondary N) is 3. The van der Waals surface area contributed by atoms with Gasteiger partial charge in [-0.25, -0.2) is 4.79 Å². The van der Waals surface area contributed by atoms with Crippen LogP contribution >= 0.6 is 12.4 Å². The Morgan fingerprint density at radius 3 is 2.59 bits per heavy atom. The maximum absolute atomic E-state index is 12.2. The van der Waals surface area contributed by atoms with Crippen LogP contribution in [0.3, 0.4) is 0 Å². The highest BCUT2D eigenvalue weighted by Gasteiger charge is 2.21. The molecule has 120 valence electrons. The fourth-order valence-electron chi connectivity index (χ4n) is 2.75. The number of urea groups is 1. The fourth-order valence-corrected chi connectivity index (χ4v) is 2.75. The monoisotopic (exact) mass is 324 g/mol. The van der Waals surface area contributed by atoms with E-state index in [1.54, 1.807) is 17.0 Å². The van der Waals surface area contributed by atoms with E-state index < -0.39 is 0 Å². The Morgan fingerprint density at radius 1 is 1.23 bits per heavy atom. The second-order valence-corrected chi connectivity index (χ2v) is 5.45. The second-order valence-electron chi connectivity index (χ2n) is 5.45. The first-order valence-electron chi connectivity index (χ1n) is 7.41. The van der Waals surface area contributed by atoms with Crippen LogP contribution in [0, 0.1) is 0 Å². The second kappa shape index (κ2) is 7.47. The van der Waals surface area contributed by atoms with Crippen molar-refractivity contribution in [3.63, 3.8) is 0 Å². The number of amides is 3. The fraction of sp³-hybridized carbons (Fsp3) is 0.467. The third-order valence-corrected chi connectivity index (χ3v) is 3.93. The van der Waals surface area contributed by atoms with E-state index in [9.17, 15) is 9.59 Å². The summed E-state index contributed by atoms with van der Waals surface area (Å²) in [5.41, 5.74) is 1.45. The highest BCUT2D eigenvalue weighted by molar-refractivity contribution is 5.97. The van der Waals surface area contributed by atoms with Gasteiger partial charge in [-0.15, -0.1) is 12.4 Å². The molecule has 2 heterocycles. The molecule has 0 aromatic heterocycles. The Morgan fingerprint density at radius 2 is 2.00 bits per heavy atom. The minimum Gasteiger partial charge on any atom is -0.348 e. The molecule has 6 nitrogen and oxygen atoms in total. The smallest absolute Gasteiger partial charge is 0.321 e. The van der Waals surface area contributed by atoms with Crippen LogP contribution in [-0.4, -0.2) is 44.2 Å². The van der Waals surface area contributed by atoms with E-state index in [1.165, 1.54) is 0 Å². The van der Waals surface area contributed by atoms with Crippen LogP contribution in [0.1, 0.15) is 23.2 Å². The van der Waals surface area contributed by atoms with Crippen molar-refractivity contribution >= 4 is 30.0 Å². The lowest BCUT2D eigenvalue weighted by Gasteiger charge is -2.23. The van der Waals surface area contributed by atoms with E-state index in [1.807, 2.05) is 12.1 Å². The molecule has 0 aliphatic carbocycles. The lowest BCUT2D eigenvalue weighted by Crippen LogP contribution is -2.45. The molecule has 0 radical (unpaired) electrons. The van der Waals surface area contributed by atoms with Crippen molar-refractivity contribution in [2.75, 3.05) is 31.1 Å². The molecular formula is C15H21ClN4O2. The topological polar surface area (TPSA) is 73.5 Å². The zero-order valence-electron chi connectivity index (χ0n) is 12.3. The predicted molar refractivity (Wildman–Crippen MR) is 87.8 cm³/mol. The van der Waals surface area contributed by atoms with E-state index >= 15 is 0 Å². The van der Waals surface area contributed by atoms with Crippen LogP contribution in [0.15, 0.2) is 24.3 Å². The molecule has 2 aliphatic rings. The summed E-state index contributed by atoms with van der Waals surface area (Å²) >= 11 is 0. The third kappa shape index (κ3) is 3.69. The molecule has 2 fully saturated rings. The van der Waals surface area contributed by atoms with Gasteiger partial charge in [0, 0.05) is 36.9 Å². The van der Waals surface area contributed by atoms with Crippen molar-refractivity contribution < 1.29 is 9.59 Å². The van der Waals surface area contributed by atoms with Crippen molar-refractivity contribution in [2.24, 2.45) is 0 Å². The van der Waals surface area contributed by atoms with Gasteiger partial charge in [-0.2, -0.15) is 0 Å². The van der Waals surface area contributed by atoms with Gasteiger partial charge in [-0.05, 0) is 43.7 Å². The van der Waals surface area contributed by atoms with Gasteiger partial charge >= 0.3 is 6.03 Å². The number of hydrogen-bond donors (Lipinski definition) is 3. The van der Waals surface area contributed by atoms with Gasteiger partial charge in [0.15, 0.2) is 0 Å². The summed E-state index contributed by atoms with van der Waals surface area (Å²) in [5, 5.41) is 9.08. The Balaban J connectivity index is 0.00000176. The van der Waals surface area contributed by atoms with Gasteiger partial charge in [0.25, 0.3) is 5.91 Å². The average molecular weight is 325 g/mol. The van der Waals surface area contributed by atoms with E-state index in [4.69, 9.17) is 0 Å². The number of carbonyl (C=O) groups excluding carboxylic acids is 2. The number of benzene rings is 1. The Labute approximate surface area is 136 Å². The molecular weight excluding hydrogens is 304 g/mol. The van der Waals surface area contributed by atoms with Gasteiger partial charge < -0.3 is 16.0 Å². The number of anilines is 1. The summed E-state index contributed by atoms with van der Waals surface area (Å²) in [7, 11) is 0. The Kier molecular flexibility index (Phi) is 5.63. The normalized spacial score (nSPS) is 21.0. The highest BCUT2D eigenvalue weighted by atomic mass is 35.5. The summed E-state index contributed by atoms with van der Waals surface area (Å²) in [6.45, 7) is 3.19. The number of halogens is 1. The van der Waals surface area contributed by atoms with E-state index in [-0.39, 0.29) is 30.4 Å². The number of rotatable bonds is 3. The van der Waals surface area contributed by atoms with Crippen LogP contribution in [0.4, 0.5) is 10.5 Å². The number of piperidine rings is 1. The molecule has 22 heavy (non-hydrogen) atoms. The van der Waals surface area contributed by atoms with E-state index in [2.05, 4.69) is 16.0 Å². The van der Waals surface area contributed by atoms with Crippen LogP contribution in [0.2, 0.25) is 0 Å². The third-order valence-electron chi connectivity index (χ3n) is 3.93. The van der Waals surface area contributed by atoms with Crippen molar-refractivity contribution in [2.45, 2.75) is 18.9 Å². The number of hydrogen-bond acceptors (Lipinski definition) is 3. The zero-order chi connectivity index (χ0) is 14.7. The van der Waals surface area contributed by atoms with Crippen LogP contribution in [0.25, 0.3) is 0 Å². The minimum absolute atomic E-state index is 0. The maximum Gasteiger partial charge on any atom is 0.321 e. The van der Waals surface area contributed by atoms with Gasteiger partial charge in [0.05, 0.1) is 0 Å². The molecule has 3 amide bonds. The summed E-state index contributed by atoms with van der Waals surface area (Å²) < 4.78 is 0. The average Bonchev–Trinajstić information content (AvgIpc) is 2.94. The lowest BCUT2D eigenvalue weighted by molar-refractivity contribution is 0.0930. The molecule has 1 aromatic rings. The quantitative estimate of drug-likeness (QED) is 0.780. The van der Waals surface area contributed by atoms with Gasteiger partial charge in [-0.1, -0.05) is 0 Å². The molecule has 7 heteroatoms. The standard InChI is InChI=1S/C15H20N4O2.ClH/c20-14(18-12-2-1-7-16-10-12)11-3-5-13(6-4-11)19-9-8-17-15(19)21;/h3-6,12,16H,1-2,7-10H2,(H,17,21)(H,18,20);1H. The van der Waals surface area contributed by atoms with Crippen molar-refractivity contribution in [3.8, 4) is 0 Å². The van der Waals surface area contributed by atoms with Gasteiger partial charge in [0.2, 0.25) is 0 Å². The molecule has 0 saturated carbocycles. The number of carbonyl (C=O) groups is 2. The van der Waals surface area contributed by atoms with Crippen molar-refractivity contribution in [3.05, 3.63) is 29.8 Å². The molecule has 2 saturated heterocycles. The first kappa shape index (κ1) is 16.6. The Bertz CT molecular complexity index is 529. The summed E-state index contributed by atoms with van der Waals surface area (Å²) in [6, 6.07) is 7.30. The molecule has 1 unspecified atom stereocenters. The minimum atomic E-state index is -0.0829. The maximum atomic E-state index is 12.2. The largest absolute Gasteiger partial charge is 0.348 e. The first-order valence-corrected chi connectivity index (χ1v) is 7.41. The summed E-state index contributed by atoms with van der Waals surface area (Å²) in [4.78, 5) is 25.4. The molecule has 1 aromatic carbocycles. The van der Waals surface area contributed by atoms with Crippen molar-refractivity contribution in [1.82, 2.24) is 16.0 Å². The number of nitrogens with zero attached hydrogens (tertiary/aromatic N) is 1. The van der Waals surface area contributed by atoms with Crippen LogP contribution < -0.4 is 20.9 Å². The van der Waals surface area contributed by atoms with Gasteiger partial charge in [-0.3, -0.25) is 9.69 Å². The summed E-state index contributed by atoms with van der Waals surface area (Å²) in [6.07, 6.45) is 2.11. The van der Waals surface area contributed by atoms with E-state index in [0.717, 1.165) is 31.6 Å². The molecule has 0 spiro atoms.